The number of anilines is 1. The summed E-state index contributed by atoms with van der Waals surface area (Å²) in [5, 5.41) is -0.154. The fourth-order valence-corrected chi connectivity index (χ4v) is 2.40. The second kappa shape index (κ2) is 6.85. The molecule has 0 aromatic heterocycles. The molecule has 0 aliphatic heterocycles. The molecule has 0 bridgehead atoms. The molecule has 0 radical (unpaired) electrons. The molecule has 1 atom stereocenters. The van der Waals surface area contributed by atoms with Crippen molar-refractivity contribution in [3.05, 3.63) is 60.7 Å². The van der Waals surface area contributed by atoms with E-state index in [1.165, 1.54) is 11.8 Å². The number of benzene rings is 2. The molecule has 0 fully saturated rings. The zero-order valence-corrected chi connectivity index (χ0v) is 11.5. The molecule has 2 rings (SSSR count). The van der Waals surface area contributed by atoms with Gasteiger partial charge in [-0.3, -0.25) is 15.6 Å². The molecule has 0 aliphatic carbocycles. The van der Waals surface area contributed by atoms with Crippen molar-refractivity contribution in [2.75, 3.05) is 5.43 Å². The molecule has 0 saturated heterocycles. The van der Waals surface area contributed by atoms with Crippen LogP contribution in [0.3, 0.4) is 0 Å². The van der Waals surface area contributed by atoms with Crippen molar-refractivity contribution in [2.45, 2.75) is 17.1 Å². The number of carbonyl (C=O) groups excluding carboxylic acids is 1. The summed E-state index contributed by atoms with van der Waals surface area (Å²) in [4.78, 5) is 13.0. The van der Waals surface area contributed by atoms with Gasteiger partial charge in [-0.1, -0.05) is 36.4 Å². The molecule has 2 aromatic rings. The standard InChI is InChI=1S/C15H16N2OS/c1-12(19-14-10-6-3-7-11-14)15(18)17-16-13-8-4-2-5-9-13/h2-12,16H,1H3,(H,17,18). The number of rotatable bonds is 5. The molecule has 0 spiro atoms. The molecular weight excluding hydrogens is 256 g/mol. The van der Waals surface area contributed by atoms with Crippen LogP contribution >= 0.6 is 11.8 Å². The van der Waals surface area contributed by atoms with Crippen LogP contribution in [0.4, 0.5) is 5.69 Å². The number of nitrogens with one attached hydrogen (secondary N) is 2. The Hall–Kier alpha value is -1.94. The van der Waals surface area contributed by atoms with Crippen LogP contribution in [0, 0.1) is 0 Å². The lowest BCUT2D eigenvalue weighted by Crippen LogP contribution is -2.35. The molecule has 0 aliphatic rings. The van der Waals surface area contributed by atoms with E-state index in [0.717, 1.165) is 10.6 Å². The fourth-order valence-electron chi connectivity index (χ4n) is 1.51. The first-order chi connectivity index (χ1) is 9.25. The number of para-hydroxylation sites is 1. The van der Waals surface area contributed by atoms with Gasteiger partial charge in [0.15, 0.2) is 0 Å². The van der Waals surface area contributed by atoms with E-state index in [-0.39, 0.29) is 11.2 Å². The maximum Gasteiger partial charge on any atom is 0.251 e. The zero-order valence-electron chi connectivity index (χ0n) is 10.7. The summed E-state index contributed by atoms with van der Waals surface area (Å²) in [6.45, 7) is 1.89. The molecule has 4 heteroatoms. The van der Waals surface area contributed by atoms with Crippen molar-refractivity contribution in [2.24, 2.45) is 0 Å². The second-order valence-electron chi connectivity index (χ2n) is 4.05. The van der Waals surface area contributed by atoms with Gasteiger partial charge in [-0.25, -0.2) is 0 Å². The minimum atomic E-state index is -0.154. The first-order valence-corrected chi connectivity index (χ1v) is 6.96. The summed E-state index contributed by atoms with van der Waals surface area (Å²) in [6.07, 6.45) is 0. The number of hydrazine groups is 1. The average Bonchev–Trinajstić information content (AvgIpc) is 2.47. The smallest absolute Gasteiger partial charge is 0.251 e. The number of hydrogen-bond acceptors (Lipinski definition) is 3. The highest BCUT2D eigenvalue weighted by molar-refractivity contribution is 8.00. The van der Waals surface area contributed by atoms with Gasteiger partial charge in [0, 0.05) is 4.90 Å². The Morgan fingerprint density at radius 1 is 1.00 bits per heavy atom. The van der Waals surface area contributed by atoms with Crippen molar-refractivity contribution < 1.29 is 4.79 Å². The number of carbonyl (C=O) groups is 1. The third kappa shape index (κ3) is 4.34. The molecule has 3 nitrogen and oxygen atoms in total. The van der Waals surface area contributed by atoms with E-state index >= 15 is 0 Å². The number of hydrogen-bond donors (Lipinski definition) is 2. The van der Waals surface area contributed by atoms with E-state index < -0.39 is 0 Å². The molecule has 98 valence electrons. The maximum absolute atomic E-state index is 11.9. The molecule has 0 saturated carbocycles. The molecule has 1 amide bonds. The van der Waals surface area contributed by atoms with Crippen molar-refractivity contribution in [3.8, 4) is 0 Å². The van der Waals surface area contributed by atoms with E-state index in [0.29, 0.717) is 0 Å². The van der Waals surface area contributed by atoms with Gasteiger partial charge in [0.1, 0.15) is 0 Å². The summed E-state index contributed by atoms with van der Waals surface area (Å²) < 4.78 is 0. The lowest BCUT2D eigenvalue weighted by Gasteiger charge is -2.13. The summed E-state index contributed by atoms with van der Waals surface area (Å²) in [5.41, 5.74) is 6.48. The van der Waals surface area contributed by atoms with Gasteiger partial charge in [0.05, 0.1) is 10.9 Å². The first-order valence-electron chi connectivity index (χ1n) is 6.08. The van der Waals surface area contributed by atoms with Gasteiger partial charge in [-0.05, 0) is 31.2 Å². The van der Waals surface area contributed by atoms with E-state index in [2.05, 4.69) is 10.9 Å². The molecule has 0 heterocycles. The van der Waals surface area contributed by atoms with Crippen LogP contribution in [0.15, 0.2) is 65.6 Å². The van der Waals surface area contributed by atoms with Crippen LogP contribution in [-0.2, 0) is 4.79 Å². The van der Waals surface area contributed by atoms with Crippen molar-refractivity contribution in [1.29, 1.82) is 0 Å². The van der Waals surface area contributed by atoms with Crippen LogP contribution in [0.1, 0.15) is 6.92 Å². The SMILES string of the molecule is CC(Sc1ccccc1)C(=O)NNc1ccccc1. The maximum atomic E-state index is 11.9. The number of amides is 1. The second-order valence-corrected chi connectivity index (χ2v) is 5.47. The Morgan fingerprint density at radius 3 is 2.21 bits per heavy atom. The quantitative estimate of drug-likeness (QED) is 0.648. The Labute approximate surface area is 117 Å². The molecular formula is C15H16N2OS. The van der Waals surface area contributed by atoms with Gasteiger partial charge < -0.3 is 0 Å². The first kappa shape index (κ1) is 13.5. The minimum Gasteiger partial charge on any atom is -0.299 e. The minimum absolute atomic E-state index is 0.0438. The Bertz CT molecular complexity index is 516. The summed E-state index contributed by atoms with van der Waals surface area (Å²) in [7, 11) is 0. The highest BCUT2D eigenvalue weighted by Gasteiger charge is 2.13. The van der Waals surface area contributed by atoms with Crippen molar-refractivity contribution in [1.82, 2.24) is 5.43 Å². The lowest BCUT2D eigenvalue weighted by molar-refractivity contribution is -0.119. The van der Waals surface area contributed by atoms with Crippen LogP contribution < -0.4 is 10.9 Å². The summed E-state index contributed by atoms with van der Waals surface area (Å²) in [6, 6.07) is 19.5. The predicted molar refractivity (Wildman–Crippen MR) is 80.0 cm³/mol. The van der Waals surface area contributed by atoms with Gasteiger partial charge in [-0.2, -0.15) is 0 Å². The Kier molecular flexibility index (Phi) is 4.86. The van der Waals surface area contributed by atoms with Gasteiger partial charge in [0.25, 0.3) is 5.91 Å². The molecule has 2 aromatic carbocycles. The van der Waals surface area contributed by atoms with Crippen molar-refractivity contribution in [3.63, 3.8) is 0 Å². The van der Waals surface area contributed by atoms with Crippen LogP contribution in [0.5, 0.6) is 0 Å². The highest BCUT2D eigenvalue weighted by Crippen LogP contribution is 2.22. The topological polar surface area (TPSA) is 41.1 Å². The van der Waals surface area contributed by atoms with Gasteiger partial charge in [-0.15, -0.1) is 11.8 Å². The fraction of sp³-hybridized carbons (Fsp3) is 0.133. The summed E-state index contributed by atoms with van der Waals surface area (Å²) in [5.74, 6) is -0.0438. The van der Waals surface area contributed by atoms with E-state index in [1.807, 2.05) is 67.6 Å². The predicted octanol–water partition coefficient (Wildman–Crippen LogP) is 3.31. The third-order valence-electron chi connectivity index (χ3n) is 2.53. The normalized spacial score (nSPS) is 11.6. The summed E-state index contributed by atoms with van der Waals surface area (Å²) >= 11 is 1.53. The zero-order chi connectivity index (χ0) is 13.5. The van der Waals surface area contributed by atoms with Gasteiger partial charge in [0.2, 0.25) is 0 Å². The Balaban J connectivity index is 1.83. The average molecular weight is 272 g/mol. The van der Waals surface area contributed by atoms with E-state index in [9.17, 15) is 4.79 Å². The number of thioether (sulfide) groups is 1. The van der Waals surface area contributed by atoms with Crippen LogP contribution in [0.25, 0.3) is 0 Å². The molecule has 1 unspecified atom stereocenters. The molecule has 19 heavy (non-hydrogen) atoms. The lowest BCUT2D eigenvalue weighted by atomic mass is 10.3. The largest absolute Gasteiger partial charge is 0.299 e. The van der Waals surface area contributed by atoms with Crippen LogP contribution in [-0.4, -0.2) is 11.2 Å². The highest BCUT2D eigenvalue weighted by atomic mass is 32.2. The van der Waals surface area contributed by atoms with E-state index in [1.54, 1.807) is 0 Å². The van der Waals surface area contributed by atoms with E-state index in [4.69, 9.17) is 0 Å². The van der Waals surface area contributed by atoms with Crippen molar-refractivity contribution >= 4 is 23.4 Å². The van der Waals surface area contributed by atoms with Gasteiger partial charge >= 0.3 is 0 Å². The monoisotopic (exact) mass is 272 g/mol. The van der Waals surface area contributed by atoms with Crippen LogP contribution in [0.2, 0.25) is 0 Å². The third-order valence-corrected chi connectivity index (χ3v) is 3.64. The molecule has 2 N–H and O–H groups in total. The Morgan fingerprint density at radius 2 is 1.58 bits per heavy atom.